The Morgan fingerprint density at radius 2 is 2.18 bits per heavy atom. The van der Waals surface area contributed by atoms with Crippen molar-refractivity contribution < 1.29 is 23.1 Å². The van der Waals surface area contributed by atoms with Crippen LogP contribution in [0.2, 0.25) is 5.02 Å². The quantitative estimate of drug-likeness (QED) is 0.820. The van der Waals surface area contributed by atoms with Crippen molar-refractivity contribution in [3.05, 3.63) is 28.8 Å². The Morgan fingerprint density at radius 1 is 1.50 bits per heavy atom. The van der Waals surface area contributed by atoms with Crippen LogP contribution in [0, 0.1) is 5.92 Å². The molecule has 22 heavy (non-hydrogen) atoms. The van der Waals surface area contributed by atoms with Crippen molar-refractivity contribution in [3.8, 4) is 0 Å². The molecule has 1 heterocycles. The van der Waals surface area contributed by atoms with Crippen LogP contribution >= 0.6 is 11.6 Å². The summed E-state index contributed by atoms with van der Waals surface area (Å²) in [5.74, 6) is -1.39. The number of hydrogen-bond acceptors (Lipinski definition) is 4. The molecule has 0 aliphatic carbocycles. The van der Waals surface area contributed by atoms with Crippen molar-refractivity contribution in [1.29, 1.82) is 0 Å². The van der Waals surface area contributed by atoms with Gasteiger partial charge in [0.05, 0.1) is 10.6 Å². The lowest BCUT2D eigenvalue weighted by Gasteiger charge is -2.13. The van der Waals surface area contributed by atoms with Gasteiger partial charge < -0.3 is 10.0 Å². The van der Waals surface area contributed by atoms with Gasteiger partial charge >= 0.3 is 5.97 Å². The first-order chi connectivity index (χ1) is 10.2. The zero-order valence-corrected chi connectivity index (χ0v) is 13.3. The van der Waals surface area contributed by atoms with Crippen LogP contribution in [0.3, 0.4) is 0 Å². The van der Waals surface area contributed by atoms with Crippen LogP contribution in [0.1, 0.15) is 16.8 Å². The van der Waals surface area contributed by atoms with Crippen LogP contribution < -0.4 is 4.72 Å². The van der Waals surface area contributed by atoms with Crippen LogP contribution in [-0.2, 0) is 14.8 Å². The third-order valence-electron chi connectivity index (χ3n) is 3.45. The number of amides is 1. The van der Waals surface area contributed by atoms with Gasteiger partial charge in [-0.25, -0.2) is 17.9 Å². The highest BCUT2D eigenvalue weighted by atomic mass is 35.5. The maximum absolute atomic E-state index is 12.3. The topological polar surface area (TPSA) is 104 Å². The highest BCUT2D eigenvalue weighted by Crippen LogP contribution is 2.23. The average Bonchev–Trinajstić information content (AvgIpc) is 2.76. The molecule has 1 fully saturated rings. The van der Waals surface area contributed by atoms with E-state index in [1.807, 2.05) is 0 Å². The number of carboxylic acids is 1. The molecule has 1 saturated heterocycles. The monoisotopic (exact) mass is 346 g/mol. The maximum Gasteiger partial charge on any atom is 0.335 e. The summed E-state index contributed by atoms with van der Waals surface area (Å²) >= 11 is 5.85. The molecule has 9 heteroatoms. The van der Waals surface area contributed by atoms with Crippen molar-refractivity contribution in [2.45, 2.75) is 11.3 Å². The summed E-state index contributed by atoms with van der Waals surface area (Å²) in [6.45, 7) is 0.566. The summed E-state index contributed by atoms with van der Waals surface area (Å²) in [6.07, 6.45) is 0.280. The van der Waals surface area contributed by atoms with Gasteiger partial charge in [-0.2, -0.15) is 0 Å². The summed E-state index contributed by atoms with van der Waals surface area (Å²) in [5.41, 5.74) is -0.166. The molecular weight excluding hydrogens is 332 g/mol. The van der Waals surface area contributed by atoms with E-state index < -0.39 is 16.0 Å². The zero-order chi connectivity index (χ0) is 16.5. The summed E-state index contributed by atoms with van der Waals surface area (Å²) < 4.78 is 26.9. The molecule has 1 aromatic carbocycles. The molecule has 0 aromatic heterocycles. The van der Waals surface area contributed by atoms with E-state index in [0.717, 1.165) is 6.07 Å². The lowest BCUT2D eigenvalue weighted by molar-refractivity contribution is -0.126. The fourth-order valence-corrected chi connectivity index (χ4v) is 3.88. The number of halogens is 1. The van der Waals surface area contributed by atoms with E-state index in [1.54, 1.807) is 7.05 Å². The Hall–Kier alpha value is -1.64. The molecule has 0 saturated carbocycles. The van der Waals surface area contributed by atoms with E-state index >= 15 is 0 Å². The average molecular weight is 347 g/mol. The number of nitrogens with one attached hydrogen (secondary N) is 1. The van der Waals surface area contributed by atoms with Crippen molar-refractivity contribution >= 4 is 33.5 Å². The molecule has 2 N–H and O–H groups in total. The molecule has 1 aliphatic heterocycles. The number of likely N-dealkylation sites (tertiary alicyclic amines) is 1. The second-order valence-electron chi connectivity index (χ2n) is 5.15. The van der Waals surface area contributed by atoms with Gasteiger partial charge in [0, 0.05) is 26.6 Å². The van der Waals surface area contributed by atoms with Gasteiger partial charge in [0.25, 0.3) is 0 Å². The molecule has 1 aliphatic rings. The maximum atomic E-state index is 12.3. The zero-order valence-electron chi connectivity index (χ0n) is 11.7. The third kappa shape index (κ3) is 3.57. The number of carboxylic acid groups (broad SMARTS) is 1. The van der Waals surface area contributed by atoms with E-state index in [9.17, 15) is 18.0 Å². The standard InChI is InChI=1S/C13H15ClN2O5S/c1-16-7-8(4-12(16)17)6-15-22(20,21)11-5-9(13(18)19)2-3-10(11)14/h2-3,5,8,15H,4,6-7H2,1H3,(H,18,19). The molecule has 120 valence electrons. The number of rotatable bonds is 5. The first-order valence-corrected chi connectivity index (χ1v) is 8.33. The number of carbonyl (C=O) groups excluding carboxylic acids is 1. The third-order valence-corrected chi connectivity index (χ3v) is 5.36. The van der Waals surface area contributed by atoms with Crippen molar-refractivity contribution in [3.63, 3.8) is 0 Å². The molecular formula is C13H15ClN2O5S. The summed E-state index contributed by atoms with van der Waals surface area (Å²) in [5, 5.41) is 8.87. The Kier molecular flexibility index (Phi) is 4.74. The van der Waals surface area contributed by atoms with E-state index in [0.29, 0.717) is 6.54 Å². The Morgan fingerprint density at radius 3 is 2.73 bits per heavy atom. The second kappa shape index (κ2) is 6.23. The largest absolute Gasteiger partial charge is 0.478 e. The lowest BCUT2D eigenvalue weighted by Crippen LogP contribution is -2.31. The minimum Gasteiger partial charge on any atom is -0.478 e. The molecule has 1 atom stereocenters. The van der Waals surface area contributed by atoms with Crippen molar-refractivity contribution in [1.82, 2.24) is 9.62 Å². The summed E-state index contributed by atoms with van der Waals surface area (Å²) in [6, 6.07) is 3.47. The van der Waals surface area contributed by atoms with E-state index in [2.05, 4.69) is 4.72 Å². The smallest absolute Gasteiger partial charge is 0.335 e. The summed E-state index contributed by atoms with van der Waals surface area (Å²) in [4.78, 5) is 23.6. The molecule has 1 unspecified atom stereocenters. The number of nitrogens with zero attached hydrogens (tertiary/aromatic N) is 1. The Labute approximate surface area is 132 Å². The van der Waals surface area contributed by atoms with Gasteiger partial charge in [0.15, 0.2) is 0 Å². The molecule has 0 radical (unpaired) electrons. The van der Waals surface area contributed by atoms with Crippen molar-refractivity contribution in [2.75, 3.05) is 20.1 Å². The predicted octanol–water partition coefficient (Wildman–Crippen LogP) is 0.795. The lowest BCUT2D eigenvalue weighted by atomic mass is 10.1. The number of carbonyl (C=O) groups is 2. The highest BCUT2D eigenvalue weighted by molar-refractivity contribution is 7.89. The molecule has 0 spiro atoms. The minimum atomic E-state index is -3.94. The molecule has 1 aromatic rings. The van der Waals surface area contributed by atoms with E-state index in [1.165, 1.54) is 17.0 Å². The van der Waals surface area contributed by atoms with Crippen LogP contribution in [0.15, 0.2) is 23.1 Å². The van der Waals surface area contributed by atoms with Gasteiger partial charge in [0.2, 0.25) is 15.9 Å². The minimum absolute atomic E-state index is 0.0323. The van der Waals surface area contributed by atoms with E-state index in [-0.39, 0.29) is 40.3 Å². The fourth-order valence-electron chi connectivity index (χ4n) is 2.24. The van der Waals surface area contributed by atoms with Crippen LogP contribution in [-0.4, -0.2) is 50.4 Å². The van der Waals surface area contributed by atoms with Gasteiger partial charge in [-0.05, 0) is 24.1 Å². The van der Waals surface area contributed by atoms with Crippen LogP contribution in [0.25, 0.3) is 0 Å². The van der Waals surface area contributed by atoms with Crippen LogP contribution in [0.5, 0.6) is 0 Å². The summed E-state index contributed by atoms with van der Waals surface area (Å²) in [7, 11) is -2.29. The fraction of sp³-hybridized carbons (Fsp3) is 0.385. The predicted molar refractivity (Wildman–Crippen MR) is 79.3 cm³/mol. The first-order valence-electron chi connectivity index (χ1n) is 6.47. The van der Waals surface area contributed by atoms with Gasteiger partial charge in [-0.3, -0.25) is 4.79 Å². The molecule has 2 rings (SSSR count). The number of hydrogen-bond donors (Lipinski definition) is 2. The number of benzene rings is 1. The Bertz CT molecular complexity index is 719. The van der Waals surface area contributed by atoms with Gasteiger partial charge in [-0.15, -0.1) is 0 Å². The van der Waals surface area contributed by atoms with Gasteiger partial charge in [0.1, 0.15) is 4.90 Å². The van der Waals surface area contributed by atoms with Crippen LogP contribution in [0.4, 0.5) is 0 Å². The SMILES string of the molecule is CN1CC(CNS(=O)(=O)c2cc(C(=O)O)ccc2Cl)CC1=O. The Balaban J connectivity index is 2.15. The number of sulfonamides is 1. The molecule has 0 bridgehead atoms. The highest BCUT2D eigenvalue weighted by Gasteiger charge is 2.28. The van der Waals surface area contributed by atoms with E-state index in [4.69, 9.17) is 16.7 Å². The molecule has 1 amide bonds. The number of aromatic carboxylic acids is 1. The van der Waals surface area contributed by atoms with Gasteiger partial charge in [-0.1, -0.05) is 11.6 Å². The first kappa shape index (κ1) is 16.7. The molecule has 7 nitrogen and oxygen atoms in total. The second-order valence-corrected chi connectivity index (χ2v) is 7.29. The van der Waals surface area contributed by atoms with Crippen molar-refractivity contribution in [2.24, 2.45) is 5.92 Å². The normalized spacial score (nSPS) is 18.7.